The van der Waals surface area contributed by atoms with Gasteiger partial charge in [0.2, 0.25) is 35.4 Å². The number of unbranched alkanes of at least 4 members (excludes halogenated alkanes) is 1. The van der Waals surface area contributed by atoms with Crippen LogP contribution in [-0.4, -0.2) is 125 Å². The Balaban J connectivity index is 1.53. The molecule has 7 amide bonds. The van der Waals surface area contributed by atoms with Gasteiger partial charge in [0.25, 0.3) is 0 Å². The van der Waals surface area contributed by atoms with Crippen molar-refractivity contribution >= 4 is 41.5 Å². The molecule has 15 nitrogen and oxygen atoms in total. The molecule has 3 fully saturated rings. The predicted octanol–water partition coefficient (Wildman–Crippen LogP) is 3.88. The number of nitrogens with one attached hydrogen (secondary N) is 4. The number of ether oxygens (including phenoxy) is 1. The Hall–Kier alpha value is -5.47. The molecule has 3 aliphatic rings. The number of rotatable bonds is 11. The van der Waals surface area contributed by atoms with Gasteiger partial charge in [0.05, 0.1) is 0 Å². The molecule has 3 aliphatic heterocycles. The number of nitrogens with zero attached hydrogens (tertiary/aromatic N) is 3. The molecule has 3 saturated heterocycles. The number of hydrogen-bond donors (Lipinski definition) is 4. The average Bonchev–Trinajstić information content (AvgIpc) is 3.76. The van der Waals surface area contributed by atoms with Crippen molar-refractivity contribution in [3.63, 3.8) is 0 Å². The lowest BCUT2D eigenvalue weighted by Crippen LogP contribution is -2.63. The van der Waals surface area contributed by atoms with Crippen LogP contribution in [0.15, 0.2) is 60.7 Å². The van der Waals surface area contributed by atoms with Gasteiger partial charge >= 0.3 is 6.09 Å². The Bertz CT molecular complexity index is 1870. The van der Waals surface area contributed by atoms with E-state index in [1.54, 1.807) is 27.8 Å². The molecule has 15 heteroatoms. The Morgan fingerprint density at radius 3 is 1.90 bits per heavy atom. The lowest BCUT2D eigenvalue weighted by molar-refractivity contribution is -0.150. The molecular formula is C47H67N7O8. The fraction of sp³-hybridized carbons (Fsp3) is 0.596. The van der Waals surface area contributed by atoms with Crippen molar-refractivity contribution in [3.05, 3.63) is 71.8 Å². The largest absolute Gasteiger partial charge is 0.444 e. The topological polar surface area (TPSA) is 187 Å². The fourth-order valence-electron chi connectivity index (χ4n) is 8.54. The minimum absolute atomic E-state index is 0.140. The van der Waals surface area contributed by atoms with E-state index in [0.717, 1.165) is 11.1 Å². The fourth-order valence-corrected chi connectivity index (χ4v) is 8.54. The van der Waals surface area contributed by atoms with Crippen molar-refractivity contribution in [3.8, 4) is 0 Å². The summed E-state index contributed by atoms with van der Waals surface area (Å²) in [5.74, 6) is -3.15. The normalized spacial score (nSPS) is 25.1. The highest BCUT2D eigenvalue weighted by Gasteiger charge is 2.44. The van der Waals surface area contributed by atoms with Crippen LogP contribution in [0, 0.1) is 5.92 Å². The molecule has 0 spiro atoms. The van der Waals surface area contributed by atoms with Crippen LogP contribution in [-0.2, 0) is 46.3 Å². The molecule has 62 heavy (non-hydrogen) atoms. The second-order valence-corrected chi connectivity index (χ2v) is 18.0. The summed E-state index contributed by atoms with van der Waals surface area (Å²) in [7, 11) is 1.55. The van der Waals surface area contributed by atoms with E-state index in [0.29, 0.717) is 51.4 Å². The molecule has 2 aromatic rings. The van der Waals surface area contributed by atoms with Crippen LogP contribution in [0.5, 0.6) is 0 Å². The van der Waals surface area contributed by atoms with Crippen molar-refractivity contribution in [1.82, 2.24) is 36.0 Å². The highest BCUT2D eigenvalue weighted by Crippen LogP contribution is 2.25. The second-order valence-electron chi connectivity index (χ2n) is 18.0. The van der Waals surface area contributed by atoms with Crippen molar-refractivity contribution in [2.45, 2.75) is 147 Å². The van der Waals surface area contributed by atoms with Crippen molar-refractivity contribution in [2.24, 2.45) is 5.92 Å². The van der Waals surface area contributed by atoms with Gasteiger partial charge in [0, 0.05) is 39.5 Å². The third kappa shape index (κ3) is 12.8. The summed E-state index contributed by atoms with van der Waals surface area (Å²) >= 11 is 0. The summed E-state index contributed by atoms with van der Waals surface area (Å²) < 4.78 is 5.35. The van der Waals surface area contributed by atoms with Crippen molar-refractivity contribution in [2.75, 3.05) is 26.7 Å². The molecule has 2 aromatic carbocycles. The third-order valence-electron chi connectivity index (χ3n) is 12.2. The zero-order valence-corrected chi connectivity index (χ0v) is 37.3. The number of piperidine rings is 1. The first-order chi connectivity index (χ1) is 29.6. The Morgan fingerprint density at radius 1 is 0.726 bits per heavy atom. The standard InChI is InChI=1S/C47H67N7O8/c1-7-31(2)39-45(60)54-27-17-15-24-36(54)41(56)49-34(23-14-16-26-48-46(61)62-47(3,4)5)43(58)52(6)38(30-33-21-12-9-13-22-33)44(59)53-28-18-25-37(53)42(57)50-35(40(55)51-39)29-32-19-10-8-11-20-32/h8-13,19-22,31,34-39H,7,14-18,23-30H2,1-6H3,(H,48,61)(H,49,56)(H,50,57)(H,51,55)/t31?,34-,35+,36+,37-,38?,39-/m0/s1. The van der Waals surface area contributed by atoms with E-state index in [-0.39, 0.29) is 44.8 Å². The first-order valence-electron chi connectivity index (χ1n) is 22.4. The van der Waals surface area contributed by atoms with Gasteiger partial charge in [0.1, 0.15) is 41.9 Å². The van der Waals surface area contributed by atoms with Gasteiger partial charge in [-0.2, -0.15) is 0 Å². The minimum atomic E-state index is -1.08. The molecule has 0 saturated carbocycles. The number of carbonyl (C=O) groups excluding carboxylic acids is 7. The number of hydrogen-bond acceptors (Lipinski definition) is 8. The van der Waals surface area contributed by atoms with Gasteiger partial charge in [-0.3, -0.25) is 28.8 Å². The lowest BCUT2D eigenvalue weighted by atomic mass is 9.93. The highest BCUT2D eigenvalue weighted by atomic mass is 16.6. The summed E-state index contributed by atoms with van der Waals surface area (Å²) in [4.78, 5) is 104. The van der Waals surface area contributed by atoms with Crippen LogP contribution in [0.3, 0.4) is 0 Å². The van der Waals surface area contributed by atoms with E-state index in [4.69, 9.17) is 4.74 Å². The number of benzene rings is 2. The maximum absolute atomic E-state index is 14.9. The first kappa shape index (κ1) is 47.6. The summed E-state index contributed by atoms with van der Waals surface area (Å²) in [5, 5.41) is 11.7. The van der Waals surface area contributed by atoms with Crippen LogP contribution in [0.25, 0.3) is 0 Å². The molecule has 338 valence electrons. The van der Waals surface area contributed by atoms with Gasteiger partial charge in [-0.1, -0.05) is 80.9 Å². The van der Waals surface area contributed by atoms with E-state index >= 15 is 0 Å². The summed E-state index contributed by atoms with van der Waals surface area (Å²) in [6, 6.07) is 12.5. The van der Waals surface area contributed by atoms with Crippen molar-refractivity contribution < 1.29 is 38.3 Å². The molecular weight excluding hydrogens is 791 g/mol. The Labute approximate surface area is 366 Å². The van der Waals surface area contributed by atoms with E-state index in [2.05, 4.69) is 21.3 Å². The second kappa shape index (κ2) is 22.1. The van der Waals surface area contributed by atoms with E-state index in [1.807, 2.05) is 74.5 Å². The van der Waals surface area contributed by atoms with Gasteiger partial charge in [-0.25, -0.2) is 4.79 Å². The summed E-state index contributed by atoms with van der Waals surface area (Å²) in [6.07, 6.45) is 3.92. The molecule has 5 rings (SSSR count). The molecule has 7 atom stereocenters. The molecule has 0 bridgehead atoms. The monoisotopic (exact) mass is 858 g/mol. The lowest BCUT2D eigenvalue weighted by Gasteiger charge is -2.40. The zero-order valence-electron chi connectivity index (χ0n) is 37.3. The number of carbonyl (C=O) groups is 7. The predicted molar refractivity (Wildman–Crippen MR) is 234 cm³/mol. The van der Waals surface area contributed by atoms with Gasteiger partial charge < -0.3 is 40.7 Å². The van der Waals surface area contributed by atoms with Crippen LogP contribution >= 0.6 is 0 Å². The SMILES string of the molecule is CCC(C)[C@@H]1NC(=O)[C@@H](Cc2ccccc2)NC(=O)[C@@H]2CCCN2C(=O)C(Cc2ccccc2)N(C)C(=O)[C@H](CCCCNC(=O)OC(C)(C)C)NC(=O)[C@H]2CCCCN2C1=O. The number of likely N-dealkylation sites (N-methyl/N-ethyl adjacent to an activating group) is 1. The van der Waals surface area contributed by atoms with Crippen LogP contribution < -0.4 is 21.3 Å². The number of fused-ring (bicyclic) bond motifs is 2. The Kier molecular flexibility index (Phi) is 16.9. The van der Waals surface area contributed by atoms with Gasteiger partial charge in [-0.15, -0.1) is 0 Å². The highest BCUT2D eigenvalue weighted by molar-refractivity contribution is 5.98. The van der Waals surface area contributed by atoms with Crippen LogP contribution in [0.4, 0.5) is 4.79 Å². The summed E-state index contributed by atoms with van der Waals surface area (Å²) in [6.45, 7) is 9.93. The number of alkyl carbamates (subject to hydrolysis) is 1. The Morgan fingerprint density at radius 2 is 1.29 bits per heavy atom. The molecule has 2 unspecified atom stereocenters. The summed E-state index contributed by atoms with van der Waals surface area (Å²) in [5.41, 5.74) is 0.929. The van der Waals surface area contributed by atoms with E-state index in [1.165, 1.54) is 14.7 Å². The third-order valence-corrected chi connectivity index (χ3v) is 12.2. The molecule has 0 aliphatic carbocycles. The first-order valence-corrected chi connectivity index (χ1v) is 22.4. The maximum atomic E-state index is 14.9. The smallest absolute Gasteiger partial charge is 0.407 e. The zero-order chi connectivity index (χ0) is 45.0. The molecule has 0 radical (unpaired) electrons. The minimum Gasteiger partial charge on any atom is -0.444 e. The number of amides is 7. The van der Waals surface area contributed by atoms with Gasteiger partial charge in [-0.05, 0) is 89.2 Å². The van der Waals surface area contributed by atoms with Gasteiger partial charge in [0.15, 0.2) is 0 Å². The molecule has 4 N–H and O–H groups in total. The molecule has 3 heterocycles. The van der Waals surface area contributed by atoms with E-state index in [9.17, 15) is 33.6 Å². The average molecular weight is 858 g/mol. The van der Waals surface area contributed by atoms with Crippen LogP contribution in [0.2, 0.25) is 0 Å². The van der Waals surface area contributed by atoms with Crippen LogP contribution in [0.1, 0.15) is 104 Å². The van der Waals surface area contributed by atoms with Crippen molar-refractivity contribution in [1.29, 1.82) is 0 Å². The maximum Gasteiger partial charge on any atom is 0.407 e. The quantitative estimate of drug-likeness (QED) is 0.245. The van der Waals surface area contributed by atoms with E-state index < -0.39 is 83.4 Å². The molecule has 0 aromatic heterocycles.